The third-order valence-corrected chi connectivity index (χ3v) is 10.7. The zero-order valence-electron chi connectivity index (χ0n) is 26.4. The van der Waals surface area contributed by atoms with Crippen molar-refractivity contribution in [2.45, 2.75) is 45.8 Å². The van der Waals surface area contributed by atoms with Crippen molar-refractivity contribution in [1.29, 1.82) is 0 Å². The van der Waals surface area contributed by atoms with Crippen LogP contribution in [-0.2, 0) is 12.5 Å². The first-order chi connectivity index (χ1) is 20.9. The van der Waals surface area contributed by atoms with Crippen molar-refractivity contribution in [3.05, 3.63) is 96.7 Å². The lowest BCUT2D eigenvalue weighted by molar-refractivity contribution is 0.448. The number of fused-ring (bicyclic) bond motifs is 4. The molecular weight excluding hydrogens is 559 g/mol. The van der Waals surface area contributed by atoms with Gasteiger partial charge in [-0.15, -0.1) is 0 Å². The first kappa shape index (κ1) is 28.1. The van der Waals surface area contributed by atoms with Gasteiger partial charge in [-0.2, -0.15) is 0 Å². The second-order valence-corrected chi connectivity index (χ2v) is 18.9. The van der Waals surface area contributed by atoms with Gasteiger partial charge in [0.15, 0.2) is 0 Å². The molecule has 0 saturated carbocycles. The number of hydrogen-bond acceptors (Lipinski definition) is 4. The summed E-state index contributed by atoms with van der Waals surface area (Å²) in [4.78, 5) is 10.1. The number of phenols is 1. The van der Waals surface area contributed by atoms with E-state index in [1.165, 1.54) is 5.19 Å². The van der Waals surface area contributed by atoms with Gasteiger partial charge in [0, 0.05) is 40.7 Å². The average molecular weight is 596 g/mol. The number of nitrogens with zero attached hydrogens (tertiary/aromatic N) is 3. The van der Waals surface area contributed by atoms with Gasteiger partial charge >= 0.3 is 0 Å². The Morgan fingerprint density at radius 1 is 0.795 bits per heavy atom. The summed E-state index contributed by atoms with van der Waals surface area (Å²) in [5, 5.41) is 14.8. The summed E-state index contributed by atoms with van der Waals surface area (Å²) < 4.78 is 8.61. The van der Waals surface area contributed by atoms with Crippen molar-refractivity contribution in [1.82, 2.24) is 14.5 Å². The van der Waals surface area contributed by atoms with E-state index in [9.17, 15) is 5.11 Å². The largest absolute Gasteiger partial charge is 0.507 e. The van der Waals surface area contributed by atoms with Gasteiger partial charge in [0.2, 0.25) is 0 Å². The standard InChI is InChI=1S/C38H37N3O2Si/c1-38(2,3)30-15-10-14-27(35(30)42)37-40-34-26(13-11-16-32(34)41(37)4)29-21-23(31-19-18-24(22-39-31)44(5,6)7)20-28-25-12-8-9-17-33(25)43-36(28)29/h8-22,42H,1-7H3. The molecular formula is C38H37N3O2Si. The number of aromatic nitrogens is 3. The fourth-order valence-electron chi connectivity index (χ4n) is 6.19. The summed E-state index contributed by atoms with van der Waals surface area (Å²) in [6.07, 6.45) is 2.04. The van der Waals surface area contributed by atoms with Gasteiger partial charge in [0.25, 0.3) is 0 Å². The Labute approximate surface area is 258 Å². The predicted molar refractivity (Wildman–Crippen MR) is 185 cm³/mol. The molecule has 0 aliphatic carbocycles. The fourth-order valence-corrected chi connectivity index (χ4v) is 7.22. The molecule has 0 spiro atoms. The molecule has 6 heteroatoms. The maximum Gasteiger partial charge on any atom is 0.144 e. The highest BCUT2D eigenvalue weighted by atomic mass is 28.3. The number of hydrogen-bond donors (Lipinski definition) is 1. The minimum Gasteiger partial charge on any atom is -0.507 e. The van der Waals surface area contributed by atoms with Crippen molar-refractivity contribution in [2.75, 3.05) is 0 Å². The molecule has 0 amide bonds. The molecule has 5 nitrogen and oxygen atoms in total. The van der Waals surface area contributed by atoms with E-state index in [-0.39, 0.29) is 11.2 Å². The molecule has 0 bridgehead atoms. The van der Waals surface area contributed by atoms with Crippen molar-refractivity contribution in [3.8, 4) is 39.5 Å². The van der Waals surface area contributed by atoms with Crippen LogP contribution in [0.15, 0.2) is 95.5 Å². The number of pyridine rings is 1. The number of aromatic hydroxyl groups is 1. The number of imidazole rings is 1. The van der Waals surface area contributed by atoms with E-state index in [1.807, 2.05) is 43.6 Å². The normalized spacial score (nSPS) is 12.5. The molecule has 7 rings (SSSR count). The molecule has 0 fully saturated rings. The summed E-state index contributed by atoms with van der Waals surface area (Å²) in [5.74, 6) is 0.992. The Bertz CT molecular complexity index is 2210. The van der Waals surface area contributed by atoms with Crippen LogP contribution in [0.4, 0.5) is 0 Å². The number of benzene rings is 4. The summed E-state index contributed by atoms with van der Waals surface area (Å²) in [7, 11) is 0.533. The van der Waals surface area contributed by atoms with E-state index in [0.29, 0.717) is 0 Å². The molecule has 0 atom stereocenters. The van der Waals surface area contributed by atoms with Crippen LogP contribution in [0, 0.1) is 0 Å². The van der Waals surface area contributed by atoms with Gasteiger partial charge in [-0.3, -0.25) is 4.98 Å². The van der Waals surface area contributed by atoms with Gasteiger partial charge in [-0.25, -0.2) is 4.98 Å². The number of furan rings is 1. The van der Waals surface area contributed by atoms with Gasteiger partial charge in [-0.05, 0) is 52.6 Å². The van der Waals surface area contributed by atoms with Crippen LogP contribution >= 0.6 is 0 Å². The van der Waals surface area contributed by atoms with Crippen LogP contribution in [0.2, 0.25) is 19.6 Å². The van der Waals surface area contributed by atoms with Crippen molar-refractivity contribution < 1.29 is 9.52 Å². The number of rotatable bonds is 4. The molecule has 3 aromatic heterocycles. The summed E-state index contributed by atoms with van der Waals surface area (Å²) >= 11 is 0. The highest BCUT2D eigenvalue weighted by Gasteiger charge is 2.24. The smallest absolute Gasteiger partial charge is 0.144 e. The molecule has 4 aromatic carbocycles. The van der Waals surface area contributed by atoms with E-state index in [1.54, 1.807) is 0 Å². The SMILES string of the molecule is Cn1c(-c2cccc(C(C)(C)C)c2O)nc2c(-c3cc(-c4ccc([Si](C)(C)C)cn4)cc4c3oc3ccccc34)cccc21. The van der Waals surface area contributed by atoms with E-state index < -0.39 is 8.07 Å². The lowest BCUT2D eigenvalue weighted by atomic mass is 9.85. The molecule has 0 radical (unpaired) electrons. The van der Waals surface area contributed by atoms with Crippen LogP contribution in [0.3, 0.4) is 0 Å². The highest BCUT2D eigenvalue weighted by Crippen LogP contribution is 2.43. The van der Waals surface area contributed by atoms with Crippen LogP contribution in [0.25, 0.3) is 66.7 Å². The Balaban J connectivity index is 1.49. The lowest BCUT2D eigenvalue weighted by Gasteiger charge is -2.21. The topological polar surface area (TPSA) is 64.1 Å². The predicted octanol–water partition coefficient (Wildman–Crippen LogP) is 9.42. The van der Waals surface area contributed by atoms with Crippen molar-refractivity contribution in [2.24, 2.45) is 7.05 Å². The maximum atomic E-state index is 11.4. The van der Waals surface area contributed by atoms with Crippen LogP contribution in [0.1, 0.15) is 26.3 Å². The van der Waals surface area contributed by atoms with E-state index in [0.717, 1.165) is 72.3 Å². The number of aryl methyl sites for hydroxylation is 1. The second-order valence-electron chi connectivity index (χ2n) is 13.8. The first-order valence-corrected chi connectivity index (χ1v) is 18.6. The Morgan fingerprint density at radius 3 is 2.27 bits per heavy atom. The first-order valence-electron chi connectivity index (χ1n) is 15.1. The second kappa shape index (κ2) is 9.93. The minimum absolute atomic E-state index is 0.204. The highest BCUT2D eigenvalue weighted by molar-refractivity contribution is 6.88. The fraction of sp³-hybridized carbons (Fsp3) is 0.211. The molecule has 220 valence electrons. The molecule has 0 aliphatic heterocycles. The zero-order valence-corrected chi connectivity index (χ0v) is 27.4. The monoisotopic (exact) mass is 595 g/mol. The molecule has 0 unspecified atom stereocenters. The van der Waals surface area contributed by atoms with Crippen LogP contribution in [-0.4, -0.2) is 27.7 Å². The third kappa shape index (κ3) is 4.52. The van der Waals surface area contributed by atoms with Gasteiger partial charge in [0.1, 0.15) is 22.7 Å². The number of phenolic OH excluding ortho intramolecular Hbond substituents is 1. The maximum absolute atomic E-state index is 11.4. The molecule has 1 N–H and O–H groups in total. The van der Waals surface area contributed by atoms with Crippen molar-refractivity contribution >= 4 is 46.2 Å². The van der Waals surface area contributed by atoms with Crippen LogP contribution < -0.4 is 5.19 Å². The summed E-state index contributed by atoms with van der Waals surface area (Å²) in [6, 6.07) is 29.1. The zero-order chi connectivity index (χ0) is 31.0. The molecule has 3 heterocycles. The van der Waals surface area contributed by atoms with Gasteiger partial charge in [0.05, 0.1) is 30.4 Å². The molecule has 0 saturated heterocycles. The molecule has 0 aliphatic rings. The summed E-state index contributed by atoms with van der Waals surface area (Å²) in [6.45, 7) is 13.3. The van der Waals surface area contributed by atoms with Crippen LogP contribution in [0.5, 0.6) is 5.75 Å². The van der Waals surface area contributed by atoms with E-state index >= 15 is 0 Å². The van der Waals surface area contributed by atoms with E-state index in [2.05, 4.69) is 99.6 Å². The quantitative estimate of drug-likeness (QED) is 0.206. The number of para-hydroxylation sites is 3. The van der Waals surface area contributed by atoms with E-state index in [4.69, 9.17) is 14.4 Å². The Hall–Kier alpha value is -4.68. The molecule has 44 heavy (non-hydrogen) atoms. The average Bonchev–Trinajstić information content (AvgIpc) is 3.53. The lowest BCUT2D eigenvalue weighted by Crippen LogP contribution is -2.37. The summed E-state index contributed by atoms with van der Waals surface area (Å²) in [5.41, 5.74) is 8.81. The minimum atomic E-state index is -1.48. The van der Waals surface area contributed by atoms with Gasteiger partial charge < -0.3 is 14.1 Å². The van der Waals surface area contributed by atoms with Crippen molar-refractivity contribution in [3.63, 3.8) is 0 Å². The molecule has 7 aromatic rings. The Morgan fingerprint density at radius 2 is 1.55 bits per heavy atom. The third-order valence-electron chi connectivity index (χ3n) is 8.69. The Kier molecular flexibility index (Phi) is 6.34. The van der Waals surface area contributed by atoms with Gasteiger partial charge in [-0.1, -0.05) is 88.9 Å².